The van der Waals surface area contributed by atoms with Crippen LogP contribution in [0, 0.1) is 17.1 Å². The van der Waals surface area contributed by atoms with Crippen LogP contribution in [0.25, 0.3) is 5.03 Å². The molecular formula is C11H8Cl2FN. The van der Waals surface area contributed by atoms with Crippen molar-refractivity contribution >= 4 is 28.2 Å². The Bertz CT molecular complexity index is 446. The smallest absolute Gasteiger partial charge is 0.142 e. The molecule has 0 saturated heterocycles. The zero-order valence-corrected chi connectivity index (χ0v) is 9.53. The van der Waals surface area contributed by atoms with Crippen LogP contribution in [0.1, 0.15) is 18.9 Å². The largest absolute Gasteiger partial charge is 0.205 e. The Kier molecular flexibility index (Phi) is 4.14. The van der Waals surface area contributed by atoms with Crippen molar-refractivity contribution in [3.05, 3.63) is 40.2 Å². The zero-order valence-electron chi connectivity index (χ0n) is 8.02. The molecule has 4 heteroatoms. The Labute approximate surface area is 97.7 Å². The average molecular weight is 244 g/mol. The van der Waals surface area contributed by atoms with Gasteiger partial charge in [-0.05, 0) is 24.1 Å². The van der Waals surface area contributed by atoms with Gasteiger partial charge in [0.25, 0.3) is 0 Å². The van der Waals surface area contributed by atoms with Crippen molar-refractivity contribution in [2.75, 3.05) is 0 Å². The van der Waals surface area contributed by atoms with Crippen molar-refractivity contribution in [2.45, 2.75) is 13.3 Å². The lowest BCUT2D eigenvalue weighted by Gasteiger charge is -2.03. The van der Waals surface area contributed by atoms with Crippen molar-refractivity contribution < 1.29 is 4.39 Å². The van der Waals surface area contributed by atoms with Crippen molar-refractivity contribution in [1.29, 1.82) is 5.26 Å². The molecule has 0 heterocycles. The molecule has 1 nitrogen and oxygen atoms in total. The predicted octanol–water partition coefficient (Wildman–Crippen LogP) is 4.36. The maximum atomic E-state index is 13.1. The molecule has 0 fully saturated rings. The maximum Gasteiger partial charge on any atom is 0.142 e. The summed E-state index contributed by atoms with van der Waals surface area (Å²) in [4.78, 5) is 0. The van der Waals surface area contributed by atoms with Gasteiger partial charge in [0.1, 0.15) is 5.82 Å². The van der Waals surface area contributed by atoms with E-state index in [0.717, 1.165) is 0 Å². The fourth-order valence-electron chi connectivity index (χ4n) is 1.09. The molecule has 0 N–H and O–H groups in total. The number of benzene rings is 1. The van der Waals surface area contributed by atoms with Gasteiger partial charge in [-0.2, -0.15) is 5.26 Å². The van der Waals surface area contributed by atoms with E-state index in [9.17, 15) is 4.39 Å². The van der Waals surface area contributed by atoms with Gasteiger partial charge in [0.2, 0.25) is 0 Å². The van der Waals surface area contributed by atoms with E-state index in [-0.39, 0.29) is 10.1 Å². The van der Waals surface area contributed by atoms with Gasteiger partial charge in [0.05, 0.1) is 16.1 Å². The molecule has 0 amide bonds. The van der Waals surface area contributed by atoms with E-state index >= 15 is 0 Å². The molecule has 0 aliphatic rings. The van der Waals surface area contributed by atoms with Gasteiger partial charge < -0.3 is 0 Å². The summed E-state index contributed by atoms with van der Waals surface area (Å²) in [6.45, 7) is 1.81. The number of nitrogens with zero attached hydrogens (tertiary/aromatic N) is 1. The lowest BCUT2D eigenvalue weighted by molar-refractivity contribution is 0.628. The summed E-state index contributed by atoms with van der Waals surface area (Å²) in [5, 5.41) is 9.08. The molecule has 1 aromatic carbocycles. The highest BCUT2D eigenvalue weighted by atomic mass is 35.5. The molecule has 1 aromatic rings. The number of halogens is 3. The minimum Gasteiger partial charge on any atom is -0.205 e. The molecule has 0 aliphatic carbocycles. The fraction of sp³-hybridized carbons (Fsp3) is 0.182. The Morgan fingerprint density at radius 1 is 1.53 bits per heavy atom. The van der Waals surface area contributed by atoms with Crippen LogP contribution in [-0.4, -0.2) is 0 Å². The fourth-order valence-corrected chi connectivity index (χ4v) is 1.50. The Morgan fingerprint density at radius 2 is 2.20 bits per heavy atom. The quantitative estimate of drug-likeness (QED) is 0.709. The first-order valence-electron chi connectivity index (χ1n) is 4.34. The molecule has 78 valence electrons. The zero-order chi connectivity index (χ0) is 11.4. The van der Waals surface area contributed by atoms with E-state index in [2.05, 4.69) is 0 Å². The van der Waals surface area contributed by atoms with Crippen molar-refractivity contribution in [3.63, 3.8) is 0 Å². The van der Waals surface area contributed by atoms with Gasteiger partial charge in [-0.3, -0.25) is 0 Å². The van der Waals surface area contributed by atoms with Crippen LogP contribution in [0.3, 0.4) is 0 Å². The van der Waals surface area contributed by atoms with Gasteiger partial charge >= 0.3 is 0 Å². The molecular weight excluding hydrogens is 236 g/mol. The molecule has 0 unspecified atom stereocenters. The summed E-state index contributed by atoms with van der Waals surface area (Å²) >= 11 is 11.5. The lowest BCUT2D eigenvalue weighted by atomic mass is 10.1. The van der Waals surface area contributed by atoms with Crippen molar-refractivity contribution in [1.82, 2.24) is 0 Å². The molecule has 0 saturated carbocycles. The van der Waals surface area contributed by atoms with Crippen LogP contribution in [0.2, 0.25) is 5.02 Å². The standard InChI is InChI=1S/C11H8Cl2FN/c1-2-7(6-15)11(13)8-3-4-9(12)10(14)5-8/h3-5H,2H2,1H3/b11-7-. The first-order chi connectivity index (χ1) is 7.10. The highest BCUT2D eigenvalue weighted by Crippen LogP contribution is 2.27. The van der Waals surface area contributed by atoms with Crippen LogP contribution in [0.15, 0.2) is 23.8 Å². The van der Waals surface area contributed by atoms with Crippen molar-refractivity contribution in [2.24, 2.45) is 0 Å². The third-order valence-electron chi connectivity index (χ3n) is 1.93. The molecule has 0 bridgehead atoms. The number of allylic oxidation sites excluding steroid dienone is 1. The molecule has 0 aliphatic heterocycles. The SMILES string of the molecule is CC/C(C#N)=C(/Cl)c1ccc(Cl)c(F)c1. The van der Waals surface area contributed by atoms with Crippen LogP contribution < -0.4 is 0 Å². The predicted molar refractivity (Wildman–Crippen MR) is 60.1 cm³/mol. The Hall–Kier alpha value is -1.04. The minimum absolute atomic E-state index is 0.0400. The van der Waals surface area contributed by atoms with Crippen LogP contribution >= 0.6 is 23.2 Å². The highest BCUT2D eigenvalue weighted by Gasteiger charge is 2.07. The second-order valence-electron chi connectivity index (χ2n) is 2.89. The topological polar surface area (TPSA) is 23.8 Å². The van der Waals surface area contributed by atoms with Crippen LogP contribution in [0.4, 0.5) is 4.39 Å². The number of hydrogen-bond donors (Lipinski definition) is 0. The monoisotopic (exact) mass is 243 g/mol. The molecule has 0 aromatic heterocycles. The van der Waals surface area contributed by atoms with Gasteiger partial charge in [-0.1, -0.05) is 36.2 Å². The second-order valence-corrected chi connectivity index (χ2v) is 3.67. The third kappa shape index (κ3) is 2.71. The molecule has 0 radical (unpaired) electrons. The summed E-state index contributed by atoms with van der Waals surface area (Å²) in [6.07, 6.45) is 0.513. The third-order valence-corrected chi connectivity index (χ3v) is 2.68. The maximum absolute atomic E-state index is 13.1. The van der Waals surface area contributed by atoms with Crippen molar-refractivity contribution in [3.8, 4) is 6.07 Å². The Morgan fingerprint density at radius 3 is 2.67 bits per heavy atom. The molecule has 0 spiro atoms. The summed E-state index contributed by atoms with van der Waals surface area (Å²) in [6, 6.07) is 6.20. The number of nitriles is 1. The molecule has 15 heavy (non-hydrogen) atoms. The number of rotatable bonds is 2. The van der Waals surface area contributed by atoms with Crippen LogP contribution in [-0.2, 0) is 0 Å². The number of hydrogen-bond acceptors (Lipinski definition) is 1. The highest BCUT2D eigenvalue weighted by molar-refractivity contribution is 6.49. The molecule has 0 atom stereocenters. The van der Waals surface area contributed by atoms with E-state index in [1.165, 1.54) is 12.1 Å². The van der Waals surface area contributed by atoms with Gasteiger partial charge in [-0.25, -0.2) is 4.39 Å². The van der Waals surface area contributed by atoms with E-state index in [0.29, 0.717) is 17.6 Å². The van der Waals surface area contributed by atoms with Gasteiger partial charge in [0, 0.05) is 5.57 Å². The van der Waals surface area contributed by atoms with E-state index in [1.54, 1.807) is 6.07 Å². The van der Waals surface area contributed by atoms with E-state index in [4.69, 9.17) is 28.5 Å². The van der Waals surface area contributed by atoms with Gasteiger partial charge in [-0.15, -0.1) is 0 Å². The Balaban J connectivity index is 3.24. The van der Waals surface area contributed by atoms with E-state index < -0.39 is 5.82 Å². The molecule has 1 rings (SSSR count). The summed E-state index contributed by atoms with van der Waals surface area (Å²) in [5.74, 6) is -0.541. The summed E-state index contributed by atoms with van der Waals surface area (Å²) in [7, 11) is 0. The average Bonchev–Trinajstić information content (AvgIpc) is 2.23. The first-order valence-corrected chi connectivity index (χ1v) is 5.10. The first kappa shape index (κ1) is 12.0. The normalized spacial score (nSPS) is 11.9. The van der Waals surface area contributed by atoms with E-state index in [1.807, 2.05) is 13.0 Å². The minimum atomic E-state index is -0.541. The summed E-state index contributed by atoms with van der Waals surface area (Å²) < 4.78 is 13.1. The van der Waals surface area contributed by atoms with Crippen LogP contribution in [0.5, 0.6) is 0 Å². The lowest BCUT2D eigenvalue weighted by Crippen LogP contribution is -1.86. The second kappa shape index (κ2) is 5.16. The summed E-state index contributed by atoms with van der Waals surface area (Å²) in [5.41, 5.74) is 0.898. The van der Waals surface area contributed by atoms with Gasteiger partial charge in [0.15, 0.2) is 0 Å².